The van der Waals surface area contributed by atoms with E-state index in [0.29, 0.717) is 27.5 Å². The topological polar surface area (TPSA) is 125 Å². The van der Waals surface area contributed by atoms with E-state index in [1.165, 1.54) is 36.8 Å². The minimum absolute atomic E-state index is 0.0150. The fraction of sp³-hybridized carbons (Fsp3) is 0.111. The highest BCUT2D eigenvalue weighted by atomic mass is 32.2. The van der Waals surface area contributed by atoms with E-state index in [4.69, 9.17) is 14.2 Å². The third-order valence-electron chi connectivity index (χ3n) is 5.69. The van der Waals surface area contributed by atoms with Crippen LogP contribution < -0.4 is 14.2 Å². The van der Waals surface area contributed by atoms with Gasteiger partial charge in [-0.25, -0.2) is 0 Å². The first kappa shape index (κ1) is 25.7. The van der Waals surface area contributed by atoms with E-state index in [-0.39, 0.29) is 41.2 Å². The van der Waals surface area contributed by atoms with Crippen LogP contribution in [0.25, 0.3) is 21.5 Å². The average Bonchev–Trinajstić information content (AvgIpc) is 2.85. The summed E-state index contributed by atoms with van der Waals surface area (Å²) in [5, 5.41) is 13.0. The molecule has 9 nitrogen and oxygen atoms in total. The van der Waals surface area contributed by atoms with E-state index >= 15 is 0 Å². The van der Waals surface area contributed by atoms with Gasteiger partial charge in [-0.15, -0.1) is 0 Å². The van der Waals surface area contributed by atoms with Gasteiger partial charge < -0.3 is 14.2 Å². The maximum Gasteiger partial charge on any atom is 0.298 e. The molecule has 0 spiro atoms. The van der Waals surface area contributed by atoms with Crippen molar-refractivity contribution in [1.29, 1.82) is 0 Å². The Morgan fingerprint density at radius 1 is 0.946 bits per heavy atom. The monoisotopic (exact) mass is 521 g/mol. The summed E-state index contributed by atoms with van der Waals surface area (Å²) in [4.78, 5) is 10.1. The Labute approximate surface area is 213 Å². The minimum Gasteiger partial charge on any atom is -0.492 e. The molecule has 0 aliphatic rings. The van der Waals surface area contributed by atoms with Crippen molar-refractivity contribution in [3.05, 3.63) is 102 Å². The molecular weight excluding hydrogens is 498 g/mol. The van der Waals surface area contributed by atoms with E-state index in [9.17, 15) is 23.1 Å². The van der Waals surface area contributed by atoms with Crippen molar-refractivity contribution in [1.82, 2.24) is 0 Å². The maximum atomic E-state index is 12.7. The zero-order chi connectivity index (χ0) is 26.7. The Kier molecular flexibility index (Phi) is 7.14. The van der Waals surface area contributed by atoms with Crippen molar-refractivity contribution in [3.63, 3.8) is 0 Å². The molecule has 0 unspecified atom stereocenters. The molecule has 0 amide bonds. The summed E-state index contributed by atoms with van der Waals surface area (Å²) in [5.74, 6) is 0.535. The fourth-order valence-electron chi connectivity index (χ4n) is 4.32. The van der Waals surface area contributed by atoms with Gasteiger partial charge in [0.25, 0.3) is 15.8 Å². The second kappa shape index (κ2) is 10.3. The molecule has 37 heavy (non-hydrogen) atoms. The molecule has 0 saturated carbocycles. The van der Waals surface area contributed by atoms with Gasteiger partial charge in [-0.3, -0.25) is 14.7 Å². The summed E-state index contributed by atoms with van der Waals surface area (Å²) in [6.45, 7) is 9.07. The summed E-state index contributed by atoms with van der Waals surface area (Å²) in [6, 6.07) is 14.4. The lowest BCUT2D eigenvalue weighted by Crippen LogP contribution is -2.09. The second-order valence-electron chi connectivity index (χ2n) is 7.90. The van der Waals surface area contributed by atoms with Crippen molar-refractivity contribution in [2.75, 3.05) is 6.61 Å². The number of hydrogen-bond donors (Lipinski definition) is 1. The van der Waals surface area contributed by atoms with E-state index in [1.54, 1.807) is 25.1 Å². The summed E-state index contributed by atoms with van der Waals surface area (Å²) in [5.41, 5.74) is 0.666. The molecule has 0 aliphatic heterocycles. The summed E-state index contributed by atoms with van der Waals surface area (Å²) in [6.07, 6.45) is 2.48. The highest BCUT2D eigenvalue weighted by Crippen LogP contribution is 2.50. The zero-order valence-electron chi connectivity index (χ0n) is 19.8. The van der Waals surface area contributed by atoms with Crippen LogP contribution in [-0.4, -0.2) is 24.5 Å². The molecule has 4 aromatic rings. The van der Waals surface area contributed by atoms with Crippen LogP contribution in [0.3, 0.4) is 0 Å². The van der Waals surface area contributed by atoms with Crippen LogP contribution in [0.5, 0.6) is 17.2 Å². The van der Waals surface area contributed by atoms with Gasteiger partial charge in [0.05, 0.1) is 29.4 Å². The van der Waals surface area contributed by atoms with Crippen LogP contribution in [0.1, 0.15) is 18.1 Å². The molecule has 0 radical (unpaired) electrons. The molecule has 0 saturated heterocycles. The molecule has 1 N–H and O–H groups in total. The molecule has 10 heteroatoms. The summed E-state index contributed by atoms with van der Waals surface area (Å²) >= 11 is 0. The molecule has 190 valence electrons. The smallest absolute Gasteiger partial charge is 0.298 e. The van der Waals surface area contributed by atoms with Crippen LogP contribution in [0.4, 0.5) is 5.69 Å². The lowest BCUT2D eigenvalue weighted by molar-refractivity contribution is -0.384. The van der Waals surface area contributed by atoms with Gasteiger partial charge in [0.15, 0.2) is 5.75 Å². The summed E-state index contributed by atoms with van der Waals surface area (Å²) in [7, 11) is -4.81. The van der Waals surface area contributed by atoms with Crippen molar-refractivity contribution in [3.8, 4) is 17.2 Å². The normalized spacial score (nSPS) is 11.3. The standard InChI is InChI=1S/C27H23NO8S/c1-4-34-24-20-9-7-8-10-21(20)25(35-5-2)23-22(24)16-18(27(37(31,32)33)26(23)36-6-3)15-17-11-13-19(14-12-17)28(29)30/h4-5,7-14,16H,1-2,6,15H2,3H3,(H,31,32,33). The number of nitro groups is 1. The Morgan fingerprint density at radius 3 is 2.08 bits per heavy atom. The Bertz CT molecular complexity index is 1640. The van der Waals surface area contributed by atoms with Gasteiger partial charge in [0.1, 0.15) is 16.4 Å². The van der Waals surface area contributed by atoms with Gasteiger partial charge in [0, 0.05) is 28.3 Å². The van der Waals surface area contributed by atoms with E-state index in [1.807, 2.05) is 12.1 Å². The van der Waals surface area contributed by atoms with E-state index in [2.05, 4.69) is 13.2 Å². The Morgan fingerprint density at radius 2 is 1.54 bits per heavy atom. The lowest BCUT2D eigenvalue weighted by atomic mass is 9.95. The number of fused-ring (bicyclic) bond motifs is 2. The quantitative estimate of drug-likeness (QED) is 0.0862. The number of nitro benzene ring substituents is 1. The average molecular weight is 522 g/mol. The van der Waals surface area contributed by atoms with E-state index in [0.717, 1.165) is 0 Å². The molecule has 4 aromatic carbocycles. The number of ether oxygens (including phenoxy) is 3. The van der Waals surface area contributed by atoms with Gasteiger partial charge in [-0.05, 0) is 30.5 Å². The number of hydrogen-bond acceptors (Lipinski definition) is 7. The number of nitrogens with zero attached hydrogens (tertiary/aromatic N) is 1. The Balaban J connectivity index is 2.17. The minimum atomic E-state index is -4.81. The van der Waals surface area contributed by atoms with Gasteiger partial charge in [0.2, 0.25) is 0 Å². The first-order valence-electron chi connectivity index (χ1n) is 11.1. The SMILES string of the molecule is C=COc1c2ccccc2c(OC=C)c2c(OCC)c(S(=O)(=O)O)c(Cc3ccc([N+](=O)[O-])cc3)cc12. The highest BCUT2D eigenvalue weighted by molar-refractivity contribution is 7.86. The lowest BCUT2D eigenvalue weighted by Gasteiger charge is -2.21. The molecule has 0 bridgehead atoms. The van der Waals surface area contributed by atoms with Crippen LogP contribution >= 0.6 is 0 Å². The first-order valence-corrected chi connectivity index (χ1v) is 12.6. The van der Waals surface area contributed by atoms with Crippen LogP contribution in [0.15, 0.2) is 85.2 Å². The van der Waals surface area contributed by atoms with Gasteiger partial charge in [-0.2, -0.15) is 8.42 Å². The number of rotatable bonds is 10. The molecule has 4 rings (SSSR count). The largest absolute Gasteiger partial charge is 0.492 e. The molecule has 0 heterocycles. The van der Waals surface area contributed by atoms with Gasteiger partial charge >= 0.3 is 0 Å². The second-order valence-corrected chi connectivity index (χ2v) is 9.26. The predicted octanol–water partition coefficient (Wildman–Crippen LogP) is 6.18. The Hall–Kier alpha value is -4.41. The van der Waals surface area contributed by atoms with Crippen LogP contribution in [0, 0.1) is 10.1 Å². The third kappa shape index (κ3) is 4.84. The van der Waals surface area contributed by atoms with Gasteiger partial charge in [-0.1, -0.05) is 49.6 Å². The third-order valence-corrected chi connectivity index (χ3v) is 6.66. The molecular formula is C27H23NO8S. The van der Waals surface area contributed by atoms with Crippen molar-refractivity contribution < 1.29 is 32.1 Å². The van der Waals surface area contributed by atoms with Crippen LogP contribution in [-0.2, 0) is 16.5 Å². The molecule has 0 aliphatic carbocycles. The molecule has 0 aromatic heterocycles. The first-order chi connectivity index (χ1) is 17.7. The van der Waals surface area contributed by atoms with Crippen molar-refractivity contribution in [2.45, 2.75) is 18.2 Å². The van der Waals surface area contributed by atoms with Crippen molar-refractivity contribution in [2.24, 2.45) is 0 Å². The fourth-order valence-corrected chi connectivity index (χ4v) is 5.18. The molecule has 0 atom stereocenters. The maximum absolute atomic E-state index is 12.7. The highest BCUT2D eigenvalue weighted by Gasteiger charge is 2.29. The number of benzene rings is 4. The zero-order valence-corrected chi connectivity index (χ0v) is 20.7. The van der Waals surface area contributed by atoms with E-state index < -0.39 is 19.9 Å². The summed E-state index contributed by atoms with van der Waals surface area (Å²) < 4.78 is 53.3. The van der Waals surface area contributed by atoms with Crippen molar-refractivity contribution >= 4 is 37.4 Å². The number of non-ortho nitro benzene ring substituents is 1. The predicted molar refractivity (Wildman–Crippen MR) is 140 cm³/mol. The molecule has 0 fully saturated rings. The van der Waals surface area contributed by atoms with Crippen LogP contribution in [0.2, 0.25) is 0 Å².